The van der Waals surface area contributed by atoms with Crippen LogP contribution in [0.25, 0.3) is 0 Å². The molecule has 0 aliphatic carbocycles. The third-order valence-electron chi connectivity index (χ3n) is 3.98. The normalized spacial score (nSPS) is 10.3. The van der Waals surface area contributed by atoms with Crippen molar-refractivity contribution in [3.63, 3.8) is 0 Å². The molecule has 0 aliphatic rings. The molecule has 1 aromatic heterocycles. The van der Waals surface area contributed by atoms with Gasteiger partial charge in [0.1, 0.15) is 18.1 Å². The summed E-state index contributed by atoms with van der Waals surface area (Å²) in [5, 5.41) is 3.08. The van der Waals surface area contributed by atoms with Crippen molar-refractivity contribution in [3.05, 3.63) is 60.0 Å². The first-order valence-electron chi connectivity index (χ1n) is 8.70. The van der Waals surface area contributed by atoms with Crippen LogP contribution < -0.4 is 24.2 Å². The van der Waals surface area contributed by atoms with Crippen molar-refractivity contribution in [2.45, 2.75) is 11.5 Å². The molecular formula is C20H21FN4O3S. The van der Waals surface area contributed by atoms with Gasteiger partial charge in [0.15, 0.2) is 11.6 Å². The van der Waals surface area contributed by atoms with Crippen LogP contribution in [0.5, 0.6) is 17.5 Å². The number of halogens is 1. The highest BCUT2D eigenvalue weighted by Gasteiger charge is 2.11. The lowest BCUT2D eigenvalue weighted by molar-refractivity contribution is 0.272. The molecule has 9 heteroatoms. The summed E-state index contributed by atoms with van der Waals surface area (Å²) in [5.41, 5.74) is 1.67. The third kappa shape index (κ3) is 5.20. The van der Waals surface area contributed by atoms with Crippen LogP contribution in [0, 0.1) is 5.82 Å². The van der Waals surface area contributed by atoms with Gasteiger partial charge >= 0.3 is 6.01 Å². The zero-order chi connectivity index (χ0) is 20.6. The van der Waals surface area contributed by atoms with Gasteiger partial charge in [-0.2, -0.15) is 4.98 Å². The Morgan fingerprint density at radius 3 is 2.69 bits per heavy atom. The summed E-state index contributed by atoms with van der Waals surface area (Å²) < 4.78 is 33.2. The van der Waals surface area contributed by atoms with E-state index in [4.69, 9.17) is 14.2 Å². The number of nitrogens with zero attached hydrogens (tertiary/aromatic N) is 2. The van der Waals surface area contributed by atoms with Gasteiger partial charge < -0.3 is 24.2 Å². The SMILES string of the molecule is CNc1ccccc1SNc1nc(OCc2cc(OC)ccc2OC)ncc1F. The van der Waals surface area contributed by atoms with E-state index < -0.39 is 5.82 Å². The van der Waals surface area contributed by atoms with E-state index in [0.717, 1.165) is 22.3 Å². The maximum absolute atomic E-state index is 14.1. The first-order chi connectivity index (χ1) is 14.1. The first-order valence-corrected chi connectivity index (χ1v) is 9.52. The van der Waals surface area contributed by atoms with Crippen molar-refractivity contribution in [1.29, 1.82) is 0 Å². The smallest absolute Gasteiger partial charge is 0.318 e. The largest absolute Gasteiger partial charge is 0.497 e. The van der Waals surface area contributed by atoms with E-state index in [1.165, 1.54) is 11.9 Å². The van der Waals surface area contributed by atoms with Gasteiger partial charge in [-0.1, -0.05) is 12.1 Å². The lowest BCUT2D eigenvalue weighted by Gasteiger charge is -2.12. The average molecular weight is 416 g/mol. The number of nitrogens with one attached hydrogen (secondary N) is 2. The Balaban J connectivity index is 1.71. The van der Waals surface area contributed by atoms with Crippen molar-refractivity contribution in [2.75, 3.05) is 31.3 Å². The summed E-state index contributed by atoms with van der Waals surface area (Å²) in [6.45, 7) is 0.140. The fourth-order valence-corrected chi connectivity index (χ4v) is 3.27. The molecule has 3 aromatic rings. The van der Waals surface area contributed by atoms with Crippen molar-refractivity contribution >= 4 is 23.5 Å². The third-order valence-corrected chi connectivity index (χ3v) is 4.85. The molecule has 2 N–H and O–H groups in total. The van der Waals surface area contributed by atoms with Gasteiger partial charge in [0.05, 0.1) is 25.3 Å². The molecule has 7 nitrogen and oxygen atoms in total. The van der Waals surface area contributed by atoms with E-state index in [9.17, 15) is 4.39 Å². The average Bonchev–Trinajstić information content (AvgIpc) is 2.77. The Bertz CT molecular complexity index is 974. The topological polar surface area (TPSA) is 77.5 Å². The summed E-state index contributed by atoms with van der Waals surface area (Å²) >= 11 is 1.24. The van der Waals surface area contributed by atoms with E-state index in [1.807, 2.05) is 31.3 Å². The molecule has 0 spiro atoms. The summed E-state index contributed by atoms with van der Waals surface area (Å²) in [7, 11) is 4.97. The number of ether oxygens (including phenoxy) is 3. The predicted molar refractivity (Wildman–Crippen MR) is 111 cm³/mol. The summed E-state index contributed by atoms with van der Waals surface area (Å²) in [6, 6.07) is 13.1. The highest BCUT2D eigenvalue weighted by Crippen LogP contribution is 2.29. The Morgan fingerprint density at radius 1 is 1.10 bits per heavy atom. The Morgan fingerprint density at radius 2 is 1.93 bits per heavy atom. The number of hydrogen-bond donors (Lipinski definition) is 2. The van der Waals surface area contributed by atoms with Crippen LogP contribution >= 0.6 is 11.9 Å². The maximum Gasteiger partial charge on any atom is 0.318 e. The van der Waals surface area contributed by atoms with Gasteiger partial charge in [0.25, 0.3) is 0 Å². The van der Waals surface area contributed by atoms with Crippen LogP contribution in [0.3, 0.4) is 0 Å². The predicted octanol–water partition coefficient (Wildman–Crippen LogP) is 4.37. The second kappa shape index (κ2) is 9.83. The molecule has 1 heterocycles. The minimum absolute atomic E-state index is 0.0310. The molecule has 0 aliphatic heterocycles. The molecule has 0 saturated heterocycles. The minimum atomic E-state index is -0.578. The van der Waals surface area contributed by atoms with Crippen LogP contribution in [0.15, 0.2) is 53.6 Å². The van der Waals surface area contributed by atoms with Gasteiger partial charge in [-0.15, -0.1) is 0 Å². The number of benzene rings is 2. The van der Waals surface area contributed by atoms with Crippen LogP contribution in [-0.4, -0.2) is 31.2 Å². The van der Waals surface area contributed by atoms with Gasteiger partial charge in [-0.05, 0) is 42.3 Å². The van der Waals surface area contributed by atoms with Crippen molar-refractivity contribution < 1.29 is 18.6 Å². The van der Waals surface area contributed by atoms with Gasteiger partial charge in [0.2, 0.25) is 0 Å². The van der Waals surface area contributed by atoms with Crippen LogP contribution in [-0.2, 0) is 6.61 Å². The highest BCUT2D eigenvalue weighted by atomic mass is 32.2. The number of anilines is 2. The molecule has 0 amide bonds. The van der Waals surface area contributed by atoms with E-state index in [2.05, 4.69) is 20.0 Å². The highest BCUT2D eigenvalue weighted by molar-refractivity contribution is 8.00. The quantitative estimate of drug-likeness (QED) is 0.498. The lowest BCUT2D eigenvalue weighted by Crippen LogP contribution is -2.04. The fourth-order valence-electron chi connectivity index (χ4n) is 2.49. The Kier molecular flexibility index (Phi) is 6.96. The number of hydrogen-bond acceptors (Lipinski definition) is 8. The number of aromatic nitrogens is 2. The molecule has 3 rings (SSSR count). The molecule has 152 valence electrons. The summed E-state index contributed by atoms with van der Waals surface area (Å²) in [4.78, 5) is 8.92. The minimum Gasteiger partial charge on any atom is -0.497 e. The van der Waals surface area contributed by atoms with Crippen molar-refractivity contribution in [1.82, 2.24) is 9.97 Å². The maximum atomic E-state index is 14.1. The summed E-state index contributed by atoms with van der Waals surface area (Å²) in [5.74, 6) is 0.770. The molecule has 0 radical (unpaired) electrons. The first kappa shape index (κ1) is 20.5. The van der Waals surface area contributed by atoms with Crippen LogP contribution in [0.2, 0.25) is 0 Å². The zero-order valence-corrected chi connectivity index (χ0v) is 17.0. The van der Waals surface area contributed by atoms with E-state index in [-0.39, 0.29) is 18.4 Å². The Labute approximate surface area is 172 Å². The Hall–Kier alpha value is -3.20. The number of rotatable bonds is 9. The molecule has 0 atom stereocenters. The second-order valence-corrected chi connectivity index (χ2v) is 6.61. The fraction of sp³-hybridized carbons (Fsp3) is 0.200. The van der Waals surface area contributed by atoms with Crippen LogP contribution in [0.4, 0.5) is 15.9 Å². The van der Waals surface area contributed by atoms with E-state index >= 15 is 0 Å². The summed E-state index contributed by atoms with van der Waals surface area (Å²) in [6.07, 6.45) is 1.07. The molecule has 0 fully saturated rings. The molecular weight excluding hydrogens is 395 g/mol. The van der Waals surface area contributed by atoms with E-state index in [0.29, 0.717) is 11.5 Å². The lowest BCUT2D eigenvalue weighted by atomic mass is 10.2. The van der Waals surface area contributed by atoms with Crippen molar-refractivity contribution in [2.24, 2.45) is 0 Å². The molecule has 29 heavy (non-hydrogen) atoms. The standard InChI is InChI=1S/C20H21FN4O3S/c1-22-16-6-4-5-7-18(16)29-25-19-15(21)11-23-20(24-19)28-12-13-10-14(26-2)8-9-17(13)27-3/h4-11,22H,12H2,1-3H3,(H,23,24,25). The van der Waals surface area contributed by atoms with Crippen molar-refractivity contribution in [3.8, 4) is 17.5 Å². The number of methoxy groups -OCH3 is 2. The molecule has 0 saturated carbocycles. The van der Waals surface area contributed by atoms with Gasteiger partial charge in [0, 0.05) is 18.3 Å². The zero-order valence-electron chi connectivity index (χ0n) is 16.2. The monoisotopic (exact) mass is 416 g/mol. The molecule has 0 unspecified atom stereocenters. The molecule has 0 bridgehead atoms. The van der Waals surface area contributed by atoms with E-state index in [1.54, 1.807) is 32.4 Å². The second-order valence-electron chi connectivity index (χ2n) is 5.77. The number of para-hydroxylation sites is 1. The van der Waals surface area contributed by atoms with Gasteiger partial charge in [-0.25, -0.2) is 9.37 Å². The van der Waals surface area contributed by atoms with Crippen LogP contribution in [0.1, 0.15) is 5.56 Å². The molecule has 2 aromatic carbocycles. The van der Waals surface area contributed by atoms with Gasteiger partial charge in [-0.3, -0.25) is 0 Å².